The molecule has 2 N–H and O–H groups in total. The average molecular weight is 841 g/mol. The molecule has 0 aliphatic carbocycles. The van der Waals surface area contributed by atoms with Crippen molar-refractivity contribution in [1.29, 1.82) is 0 Å². The zero-order valence-electron chi connectivity index (χ0n) is 39.5. The van der Waals surface area contributed by atoms with E-state index in [1.807, 2.05) is 24.8 Å². The van der Waals surface area contributed by atoms with Crippen LogP contribution in [0.2, 0.25) is 0 Å². The first-order chi connectivity index (χ1) is 30.2. The van der Waals surface area contributed by atoms with Crippen LogP contribution in [0.15, 0.2) is 110 Å². The van der Waals surface area contributed by atoms with E-state index in [0.29, 0.717) is 0 Å². The summed E-state index contributed by atoms with van der Waals surface area (Å²) in [4.78, 5) is 27.9. The summed E-state index contributed by atoms with van der Waals surface area (Å²) in [7, 11) is 0. The Morgan fingerprint density at radius 1 is 0.312 bits per heavy atom. The Hall–Kier alpha value is -6.66. The lowest BCUT2D eigenvalue weighted by atomic mass is 9.78. The van der Waals surface area contributed by atoms with Gasteiger partial charge in [0.25, 0.3) is 0 Å². The zero-order chi connectivity index (χ0) is 45.3. The van der Waals surface area contributed by atoms with E-state index < -0.39 is 0 Å². The van der Waals surface area contributed by atoms with E-state index in [1.165, 1.54) is 22.3 Å². The van der Waals surface area contributed by atoms with E-state index in [2.05, 4.69) is 212 Å². The zero-order valence-corrected chi connectivity index (χ0v) is 39.5. The Morgan fingerprint density at radius 3 is 0.812 bits per heavy atom. The van der Waals surface area contributed by atoms with E-state index in [0.717, 1.165) is 89.4 Å². The number of fused-ring (bicyclic) bond motifs is 8. The van der Waals surface area contributed by atoms with E-state index in [4.69, 9.17) is 9.97 Å². The minimum absolute atomic E-state index is 0.0737. The molecular weight excluding hydrogens is 781 g/mol. The quantitative estimate of drug-likeness (QED) is 0.185. The van der Waals surface area contributed by atoms with Gasteiger partial charge in [-0.15, -0.1) is 0 Å². The number of nitrogens with one attached hydrogen (secondary N) is 2. The molecule has 322 valence electrons. The third-order valence-corrected chi connectivity index (χ3v) is 12.6. The van der Waals surface area contributed by atoms with Crippen LogP contribution in [0, 0.1) is 0 Å². The molecule has 64 heavy (non-hydrogen) atoms. The largest absolute Gasteiger partial charge is 0.354 e. The van der Waals surface area contributed by atoms with Gasteiger partial charge in [-0.05, 0) is 139 Å². The molecule has 8 bridgehead atoms. The number of aromatic nitrogens is 6. The molecule has 0 unspecified atom stereocenters. The molecule has 0 saturated heterocycles. The van der Waals surface area contributed by atoms with Crippen molar-refractivity contribution in [2.75, 3.05) is 0 Å². The van der Waals surface area contributed by atoms with Crippen molar-refractivity contribution in [3.05, 3.63) is 155 Å². The summed E-state index contributed by atoms with van der Waals surface area (Å²) in [6.07, 6.45) is 16.1. The van der Waals surface area contributed by atoms with Gasteiger partial charge in [-0.3, -0.25) is 9.97 Å². The van der Waals surface area contributed by atoms with Gasteiger partial charge in [-0.25, -0.2) is 9.97 Å². The summed E-state index contributed by atoms with van der Waals surface area (Å²) in [5.41, 5.74) is 20.6. The molecule has 5 aromatic heterocycles. The smallest absolute Gasteiger partial charge is 0.0737 e. The lowest BCUT2D eigenvalue weighted by molar-refractivity contribution is 0.568. The molecular formula is C58H60N6. The molecule has 2 aromatic carbocycles. The maximum Gasteiger partial charge on any atom is 0.0737 e. The molecule has 6 heteroatoms. The Morgan fingerprint density at radius 2 is 0.562 bits per heavy atom. The number of pyridine rings is 2. The molecule has 2 aliphatic rings. The second-order valence-electron chi connectivity index (χ2n) is 21.6. The number of rotatable bonds is 4. The van der Waals surface area contributed by atoms with Crippen LogP contribution in [0.5, 0.6) is 0 Å². The van der Waals surface area contributed by atoms with Gasteiger partial charge in [-0.2, -0.15) is 0 Å². The molecule has 6 nitrogen and oxygen atoms in total. The normalized spacial score (nSPS) is 13.2. The molecule has 7 heterocycles. The van der Waals surface area contributed by atoms with Crippen molar-refractivity contribution in [2.45, 2.75) is 105 Å². The van der Waals surface area contributed by atoms with Crippen molar-refractivity contribution in [2.24, 2.45) is 0 Å². The SMILES string of the molecule is CC(C)(C)c1cc(-c2c3nc(c(-c4ccncc4)c4ccc([nH]4)c(-c4cc(C(C)(C)C)cc(C(C)(C)C)c4)c4nc(c(-c5ccncc5)c5ccc2[nH]5)C=C4)C=C3)cc(C(C)(C)C)c1. The van der Waals surface area contributed by atoms with Gasteiger partial charge in [0.1, 0.15) is 0 Å². The second kappa shape index (κ2) is 15.5. The van der Waals surface area contributed by atoms with E-state index in [1.54, 1.807) is 0 Å². The molecule has 0 amide bonds. The highest BCUT2D eigenvalue weighted by atomic mass is 14.8. The van der Waals surface area contributed by atoms with Crippen LogP contribution in [0.3, 0.4) is 0 Å². The molecule has 0 spiro atoms. The fraction of sp³-hybridized carbons (Fsp3) is 0.276. The van der Waals surface area contributed by atoms with Gasteiger partial charge in [0, 0.05) is 69.1 Å². The molecule has 0 atom stereocenters. The van der Waals surface area contributed by atoms with Crippen molar-refractivity contribution in [1.82, 2.24) is 29.9 Å². The van der Waals surface area contributed by atoms with Gasteiger partial charge in [0.15, 0.2) is 0 Å². The van der Waals surface area contributed by atoms with Gasteiger partial charge in [0.2, 0.25) is 0 Å². The maximum atomic E-state index is 5.58. The topological polar surface area (TPSA) is 83.1 Å². The minimum atomic E-state index is -0.0737. The summed E-state index contributed by atoms with van der Waals surface area (Å²) >= 11 is 0. The summed E-state index contributed by atoms with van der Waals surface area (Å²) < 4.78 is 0. The molecule has 0 radical (unpaired) electrons. The third kappa shape index (κ3) is 8.18. The fourth-order valence-corrected chi connectivity index (χ4v) is 8.73. The summed E-state index contributed by atoms with van der Waals surface area (Å²) in [6.45, 7) is 27.5. The number of benzene rings is 2. The van der Waals surface area contributed by atoms with E-state index >= 15 is 0 Å². The van der Waals surface area contributed by atoms with Crippen LogP contribution >= 0.6 is 0 Å². The molecule has 9 rings (SSSR count). The summed E-state index contributed by atoms with van der Waals surface area (Å²) in [5.74, 6) is 0. The van der Waals surface area contributed by atoms with Crippen LogP contribution in [-0.4, -0.2) is 29.9 Å². The highest BCUT2D eigenvalue weighted by Crippen LogP contribution is 2.42. The lowest BCUT2D eigenvalue weighted by Gasteiger charge is -2.26. The first kappa shape index (κ1) is 42.6. The molecule has 0 saturated carbocycles. The van der Waals surface area contributed by atoms with Crippen LogP contribution in [0.4, 0.5) is 0 Å². The van der Waals surface area contributed by atoms with Gasteiger partial charge in [0.05, 0.1) is 22.8 Å². The second-order valence-corrected chi connectivity index (χ2v) is 21.6. The summed E-state index contributed by atoms with van der Waals surface area (Å²) in [6, 6.07) is 31.3. The maximum absolute atomic E-state index is 5.58. The van der Waals surface area contributed by atoms with E-state index in [9.17, 15) is 0 Å². The number of aromatic amines is 2. The first-order valence-electron chi connectivity index (χ1n) is 22.5. The summed E-state index contributed by atoms with van der Waals surface area (Å²) in [5, 5.41) is 0. The standard InChI is InChI=1S/C58H60N6/c1-55(2,3)39-29-37(30-40(33-39)56(4,5)6)53-47-17-13-43(61-47)51(35-21-25-59-26-22-35)45-15-19-49(63-45)54(38-31-41(57(7,8)9)34-42(32-38)58(10,11)12)50-20-16-46(64-50)52(36-23-27-60-28-24-36)44-14-18-48(53)62-44/h13-34,61,64H,1-12H3. The lowest BCUT2D eigenvalue weighted by Crippen LogP contribution is -2.16. The highest BCUT2D eigenvalue weighted by molar-refractivity contribution is 6.00. The van der Waals surface area contributed by atoms with Crippen LogP contribution in [0.1, 0.15) is 128 Å². The van der Waals surface area contributed by atoms with Crippen molar-refractivity contribution >= 4 is 46.4 Å². The fourth-order valence-electron chi connectivity index (χ4n) is 8.73. The Kier molecular flexibility index (Phi) is 10.4. The number of hydrogen-bond donors (Lipinski definition) is 2. The average Bonchev–Trinajstić information content (AvgIpc) is 4.08. The monoisotopic (exact) mass is 840 g/mol. The van der Waals surface area contributed by atoms with Gasteiger partial charge < -0.3 is 9.97 Å². The van der Waals surface area contributed by atoms with Crippen LogP contribution in [0.25, 0.3) is 90.9 Å². The Balaban J connectivity index is 1.48. The third-order valence-electron chi connectivity index (χ3n) is 12.6. The molecule has 7 aromatic rings. The number of H-pyrrole nitrogens is 2. The Bertz CT molecular complexity index is 2890. The molecule has 2 aliphatic heterocycles. The van der Waals surface area contributed by atoms with Crippen LogP contribution < -0.4 is 0 Å². The van der Waals surface area contributed by atoms with Gasteiger partial charge >= 0.3 is 0 Å². The number of hydrogen-bond acceptors (Lipinski definition) is 4. The van der Waals surface area contributed by atoms with Gasteiger partial charge in [-0.1, -0.05) is 119 Å². The van der Waals surface area contributed by atoms with Crippen molar-refractivity contribution in [3.63, 3.8) is 0 Å². The van der Waals surface area contributed by atoms with Crippen LogP contribution in [-0.2, 0) is 21.7 Å². The molecule has 0 fully saturated rings. The Labute approximate surface area is 378 Å². The number of nitrogens with zero attached hydrogens (tertiary/aromatic N) is 4. The first-order valence-corrected chi connectivity index (χ1v) is 22.5. The van der Waals surface area contributed by atoms with Crippen molar-refractivity contribution in [3.8, 4) is 44.5 Å². The highest BCUT2D eigenvalue weighted by Gasteiger charge is 2.26. The minimum Gasteiger partial charge on any atom is -0.354 e. The predicted molar refractivity (Wildman–Crippen MR) is 271 cm³/mol. The van der Waals surface area contributed by atoms with Crippen molar-refractivity contribution < 1.29 is 0 Å². The predicted octanol–water partition coefficient (Wildman–Crippen LogP) is 15.3. The van der Waals surface area contributed by atoms with E-state index in [-0.39, 0.29) is 21.7 Å².